The third-order valence-electron chi connectivity index (χ3n) is 3.66. The minimum atomic E-state index is -0.622. The number of halogens is 1. The monoisotopic (exact) mass is 267 g/mol. The topological polar surface area (TPSA) is 58.6 Å². The van der Waals surface area contributed by atoms with Crippen molar-refractivity contribution in [3.05, 3.63) is 29.6 Å². The van der Waals surface area contributed by atoms with Crippen LogP contribution in [0.3, 0.4) is 0 Å². The van der Waals surface area contributed by atoms with Crippen molar-refractivity contribution in [2.24, 2.45) is 0 Å². The van der Waals surface area contributed by atoms with Gasteiger partial charge in [0.1, 0.15) is 17.1 Å². The van der Waals surface area contributed by atoms with Crippen LogP contribution >= 0.6 is 0 Å². The van der Waals surface area contributed by atoms with Gasteiger partial charge in [-0.15, -0.1) is 0 Å². The highest BCUT2D eigenvalue weighted by molar-refractivity contribution is 5.97. The molecular formula is C14H18FNO3. The van der Waals surface area contributed by atoms with Crippen LogP contribution in [0, 0.1) is 5.82 Å². The lowest BCUT2D eigenvalue weighted by molar-refractivity contribution is 0.0831. The highest BCUT2D eigenvalue weighted by atomic mass is 19.1. The molecule has 1 aromatic rings. The van der Waals surface area contributed by atoms with Gasteiger partial charge in [-0.25, -0.2) is 4.39 Å². The van der Waals surface area contributed by atoms with E-state index >= 15 is 0 Å². The van der Waals surface area contributed by atoms with Gasteiger partial charge in [0, 0.05) is 0 Å². The molecule has 0 aliphatic heterocycles. The van der Waals surface area contributed by atoms with Crippen LogP contribution in [0.2, 0.25) is 0 Å². The van der Waals surface area contributed by atoms with Crippen molar-refractivity contribution >= 4 is 5.91 Å². The number of methoxy groups -OCH3 is 1. The highest BCUT2D eigenvalue weighted by Crippen LogP contribution is 2.30. The molecule has 2 N–H and O–H groups in total. The molecule has 19 heavy (non-hydrogen) atoms. The van der Waals surface area contributed by atoms with Crippen molar-refractivity contribution < 1.29 is 19.0 Å². The second-order valence-corrected chi connectivity index (χ2v) is 4.92. The van der Waals surface area contributed by atoms with E-state index in [9.17, 15) is 14.3 Å². The molecule has 1 amide bonds. The number of hydrogen-bond acceptors (Lipinski definition) is 3. The van der Waals surface area contributed by atoms with Crippen LogP contribution in [0.15, 0.2) is 18.2 Å². The minimum Gasteiger partial charge on any atom is -0.496 e. The van der Waals surface area contributed by atoms with Crippen molar-refractivity contribution in [2.45, 2.75) is 31.2 Å². The molecule has 0 heterocycles. The van der Waals surface area contributed by atoms with Gasteiger partial charge in [0.25, 0.3) is 5.91 Å². The molecule has 0 radical (unpaired) electrons. The van der Waals surface area contributed by atoms with Crippen molar-refractivity contribution in [3.63, 3.8) is 0 Å². The number of carbonyl (C=O) groups excluding carboxylic acids is 1. The smallest absolute Gasteiger partial charge is 0.258 e. The van der Waals surface area contributed by atoms with Gasteiger partial charge in [0.2, 0.25) is 0 Å². The Hall–Kier alpha value is -1.62. The number of benzene rings is 1. The molecule has 0 spiro atoms. The minimum absolute atomic E-state index is 0.107. The van der Waals surface area contributed by atoms with Gasteiger partial charge in [-0.2, -0.15) is 0 Å². The maximum Gasteiger partial charge on any atom is 0.258 e. The van der Waals surface area contributed by atoms with Gasteiger partial charge in [-0.1, -0.05) is 18.9 Å². The number of carbonyl (C=O) groups is 1. The predicted molar refractivity (Wildman–Crippen MR) is 68.7 cm³/mol. The van der Waals surface area contributed by atoms with E-state index in [0.29, 0.717) is 12.8 Å². The van der Waals surface area contributed by atoms with Crippen LogP contribution in [-0.2, 0) is 0 Å². The van der Waals surface area contributed by atoms with Crippen molar-refractivity contribution in [1.29, 1.82) is 0 Å². The predicted octanol–water partition coefficient (Wildman–Crippen LogP) is 1.87. The summed E-state index contributed by atoms with van der Waals surface area (Å²) in [6.45, 7) is -0.129. The quantitative estimate of drug-likeness (QED) is 0.875. The summed E-state index contributed by atoms with van der Waals surface area (Å²) in [6.07, 6.45) is 3.34. The molecule has 1 aliphatic rings. The van der Waals surface area contributed by atoms with Crippen LogP contribution in [0.4, 0.5) is 4.39 Å². The van der Waals surface area contributed by atoms with E-state index in [2.05, 4.69) is 5.32 Å². The standard InChI is InChI=1S/C14H18FNO3/c1-19-11-6-4-5-10(15)12(11)13(18)16-14(9-17)7-2-3-8-14/h4-6,17H,2-3,7-9H2,1H3,(H,16,18). The van der Waals surface area contributed by atoms with Gasteiger partial charge < -0.3 is 15.2 Å². The third-order valence-corrected chi connectivity index (χ3v) is 3.66. The van der Waals surface area contributed by atoms with E-state index in [1.807, 2.05) is 0 Å². The average molecular weight is 267 g/mol. The van der Waals surface area contributed by atoms with E-state index < -0.39 is 17.3 Å². The number of hydrogen-bond donors (Lipinski definition) is 2. The Morgan fingerprint density at radius 1 is 1.47 bits per heavy atom. The largest absolute Gasteiger partial charge is 0.496 e. The zero-order valence-electron chi connectivity index (χ0n) is 10.9. The summed E-state index contributed by atoms with van der Waals surface area (Å²) in [6, 6.07) is 4.25. The van der Waals surface area contributed by atoms with E-state index in [0.717, 1.165) is 12.8 Å². The molecule has 0 atom stereocenters. The molecule has 5 heteroatoms. The molecule has 0 bridgehead atoms. The summed E-state index contributed by atoms with van der Waals surface area (Å²) in [5.74, 6) is -0.961. The molecule has 0 unspecified atom stereocenters. The average Bonchev–Trinajstić information content (AvgIpc) is 2.87. The first kappa shape index (κ1) is 13.8. The number of ether oxygens (including phenoxy) is 1. The summed E-state index contributed by atoms with van der Waals surface area (Å²) in [7, 11) is 1.39. The second kappa shape index (κ2) is 5.57. The van der Waals surface area contributed by atoms with Crippen molar-refractivity contribution in [2.75, 3.05) is 13.7 Å². The van der Waals surface area contributed by atoms with Crippen LogP contribution in [0.25, 0.3) is 0 Å². The zero-order chi connectivity index (χ0) is 13.9. The van der Waals surface area contributed by atoms with Crippen molar-refractivity contribution in [1.82, 2.24) is 5.32 Å². The first-order valence-corrected chi connectivity index (χ1v) is 6.38. The molecular weight excluding hydrogens is 249 g/mol. The van der Waals surface area contributed by atoms with Gasteiger partial charge in [-0.3, -0.25) is 4.79 Å². The Morgan fingerprint density at radius 3 is 2.74 bits per heavy atom. The van der Waals surface area contributed by atoms with E-state index in [1.165, 1.54) is 25.3 Å². The van der Waals surface area contributed by atoms with E-state index in [1.54, 1.807) is 0 Å². The lowest BCUT2D eigenvalue weighted by Gasteiger charge is -2.28. The van der Waals surface area contributed by atoms with E-state index in [-0.39, 0.29) is 17.9 Å². The Bertz CT molecular complexity index is 470. The molecule has 1 fully saturated rings. The molecule has 1 aromatic carbocycles. The first-order valence-electron chi connectivity index (χ1n) is 6.38. The van der Waals surface area contributed by atoms with Gasteiger partial charge in [-0.05, 0) is 25.0 Å². The fourth-order valence-corrected chi connectivity index (χ4v) is 2.57. The van der Waals surface area contributed by atoms with E-state index in [4.69, 9.17) is 4.74 Å². The number of nitrogens with one attached hydrogen (secondary N) is 1. The molecule has 1 aliphatic carbocycles. The maximum absolute atomic E-state index is 13.8. The van der Waals surface area contributed by atoms with Crippen LogP contribution in [0.1, 0.15) is 36.0 Å². The zero-order valence-corrected chi connectivity index (χ0v) is 10.9. The highest BCUT2D eigenvalue weighted by Gasteiger charge is 2.35. The summed E-state index contributed by atoms with van der Waals surface area (Å²) in [5, 5.41) is 12.2. The fraction of sp³-hybridized carbons (Fsp3) is 0.500. The molecule has 4 nitrogen and oxygen atoms in total. The molecule has 0 saturated heterocycles. The lowest BCUT2D eigenvalue weighted by Crippen LogP contribution is -2.49. The summed E-state index contributed by atoms with van der Waals surface area (Å²) >= 11 is 0. The Balaban J connectivity index is 2.25. The van der Waals surface area contributed by atoms with Crippen molar-refractivity contribution in [3.8, 4) is 5.75 Å². The number of rotatable bonds is 4. The lowest BCUT2D eigenvalue weighted by atomic mass is 9.98. The summed E-state index contributed by atoms with van der Waals surface area (Å²) < 4.78 is 18.8. The summed E-state index contributed by atoms with van der Waals surface area (Å²) in [4.78, 5) is 12.2. The SMILES string of the molecule is COc1cccc(F)c1C(=O)NC1(CO)CCCC1. The number of aliphatic hydroxyl groups is 1. The van der Waals surface area contributed by atoms with Crippen LogP contribution in [-0.4, -0.2) is 30.3 Å². The third kappa shape index (κ3) is 2.71. The Labute approximate surface area is 111 Å². The number of aliphatic hydroxyl groups excluding tert-OH is 1. The van der Waals surface area contributed by atoms with Gasteiger partial charge in [0.05, 0.1) is 19.3 Å². The van der Waals surface area contributed by atoms with Gasteiger partial charge in [0.15, 0.2) is 0 Å². The van der Waals surface area contributed by atoms with Crippen LogP contribution < -0.4 is 10.1 Å². The first-order chi connectivity index (χ1) is 9.12. The second-order valence-electron chi connectivity index (χ2n) is 4.92. The van der Waals surface area contributed by atoms with Crippen LogP contribution in [0.5, 0.6) is 5.75 Å². The van der Waals surface area contributed by atoms with Gasteiger partial charge >= 0.3 is 0 Å². The Morgan fingerprint density at radius 2 is 2.16 bits per heavy atom. The fourth-order valence-electron chi connectivity index (χ4n) is 2.57. The maximum atomic E-state index is 13.8. The Kier molecular flexibility index (Phi) is 4.04. The molecule has 104 valence electrons. The molecule has 0 aromatic heterocycles. The normalized spacial score (nSPS) is 17.2. The summed E-state index contributed by atoms with van der Waals surface area (Å²) in [5.41, 5.74) is -0.727. The molecule has 1 saturated carbocycles. The molecule has 2 rings (SSSR count). The number of amides is 1.